The summed E-state index contributed by atoms with van der Waals surface area (Å²) < 4.78 is 0. The molecule has 0 radical (unpaired) electrons. The van der Waals surface area contributed by atoms with Crippen molar-refractivity contribution in [1.29, 1.82) is 0 Å². The monoisotopic (exact) mass is 468 g/mol. The first-order valence-corrected chi connectivity index (χ1v) is 11.6. The van der Waals surface area contributed by atoms with Crippen molar-refractivity contribution in [2.45, 2.75) is 24.4 Å². The third-order valence-corrected chi connectivity index (χ3v) is 7.59. The summed E-state index contributed by atoms with van der Waals surface area (Å²) in [6.45, 7) is 1.50. The zero-order chi connectivity index (χ0) is 23.6. The molecule has 0 bridgehead atoms. The van der Waals surface area contributed by atoms with E-state index in [1.165, 1.54) is 6.92 Å². The molecular weight excluding hydrogens is 448 g/mol. The summed E-state index contributed by atoms with van der Waals surface area (Å²) >= 11 is 6.25. The van der Waals surface area contributed by atoms with Crippen molar-refractivity contribution in [2.75, 3.05) is 10.2 Å². The van der Waals surface area contributed by atoms with E-state index in [-0.39, 0.29) is 17.5 Å². The number of carbonyl (C=O) groups excluding carboxylic acids is 3. The Bertz CT molecular complexity index is 1400. The second-order valence-corrected chi connectivity index (χ2v) is 9.48. The van der Waals surface area contributed by atoms with Crippen molar-refractivity contribution in [3.8, 4) is 0 Å². The van der Waals surface area contributed by atoms with Crippen LogP contribution >= 0.6 is 11.6 Å². The summed E-state index contributed by atoms with van der Waals surface area (Å²) in [6.07, 6.45) is 3.87. The fourth-order valence-corrected chi connectivity index (χ4v) is 6.27. The topological polar surface area (TPSA) is 66.5 Å². The van der Waals surface area contributed by atoms with Crippen LogP contribution < -0.4 is 10.2 Å². The molecule has 0 saturated carbocycles. The Labute approximate surface area is 202 Å². The molecule has 3 heterocycles. The molecule has 1 N–H and O–H groups in total. The number of rotatable bonds is 3. The van der Waals surface area contributed by atoms with Crippen LogP contribution in [0.15, 0.2) is 78.9 Å². The Morgan fingerprint density at radius 1 is 1.00 bits per heavy atom. The number of anilines is 2. The van der Waals surface area contributed by atoms with Gasteiger partial charge in [-0.15, -0.1) is 0 Å². The van der Waals surface area contributed by atoms with Gasteiger partial charge < -0.3 is 10.2 Å². The number of nitrogens with one attached hydrogen (secondary N) is 1. The summed E-state index contributed by atoms with van der Waals surface area (Å²) in [5.41, 5.74) is 2.29. The highest BCUT2D eigenvalue weighted by atomic mass is 35.5. The van der Waals surface area contributed by atoms with Crippen LogP contribution in [0.2, 0.25) is 5.02 Å². The van der Waals surface area contributed by atoms with Crippen LogP contribution in [0, 0.1) is 5.92 Å². The van der Waals surface area contributed by atoms with Gasteiger partial charge in [0, 0.05) is 22.0 Å². The van der Waals surface area contributed by atoms with Crippen molar-refractivity contribution in [3.05, 3.63) is 101 Å². The standard InChI is InChI=1S/C28H21ClN2O3/c1-16(32)25-24(26(33)17-7-3-2-4-8-17)28(20-9-5-6-10-21(20)30-27(28)34)23-14-11-18-15-19(29)12-13-22(18)31(23)25/h2-15,23-25H,1H3,(H,30,34)/t23-,24-,25+,28-/m1/s1. The maximum Gasteiger partial charge on any atom is 0.238 e. The molecule has 4 atom stereocenters. The highest BCUT2D eigenvalue weighted by Gasteiger charge is 2.69. The van der Waals surface area contributed by atoms with E-state index < -0.39 is 23.4 Å². The van der Waals surface area contributed by atoms with E-state index in [1.807, 2.05) is 59.5 Å². The van der Waals surface area contributed by atoms with Crippen LogP contribution in [0.4, 0.5) is 11.4 Å². The molecule has 34 heavy (non-hydrogen) atoms. The third-order valence-electron chi connectivity index (χ3n) is 7.35. The normalized spacial score (nSPS) is 26.1. The maximum atomic E-state index is 14.2. The number of amides is 1. The van der Waals surface area contributed by atoms with E-state index in [0.717, 1.165) is 16.8 Å². The SMILES string of the molecule is CC(=O)[C@H]1[C@H](C(=O)c2ccccc2)[C@]2(C(=O)Nc3ccccc32)[C@H]2C=Cc3cc(Cl)ccc3N12. The van der Waals surface area contributed by atoms with Crippen LogP contribution in [-0.2, 0) is 15.0 Å². The van der Waals surface area contributed by atoms with Crippen LogP contribution in [-0.4, -0.2) is 29.6 Å². The fourth-order valence-electron chi connectivity index (χ4n) is 6.09. The van der Waals surface area contributed by atoms with E-state index >= 15 is 0 Å². The molecule has 1 saturated heterocycles. The Balaban J connectivity index is 1.67. The maximum absolute atomic E-state index is 14.2. The average molecular weight is 469 g/mol. The van der Waals surface area contributed by atoms with Crippen molar-refractivity contribution < 1.29 is 14.4 Å². The summed E-state index contributed by atoms with van der Waals surface area (Å²) in [5, 5.41) is 3.59. The van der Waals surface area contributed by atoms with E-state index in [9.17, 15) is 14.4 Å². The zero-order valence-corrected chi connectivity index (χ0v) is 19.1. The number of para-hydroxylation sites is 1. The molecule has 0 aromatic heterocycles. The van der Waals surface area contributed by atoms with Crippen LogP contribution in [0.1, 0.15) is 28.4 Å². The molecule has 1 spiro atoms. The largest absolute Gasteiger partial charge is 0.352 e. The van der Waals surface area contributed by atoms with Gasteiger partial charge in [-0.25, -0.2) is 0 Å². The first-order chi connectivity index (χ1) is 16.4. The summed E-state index contributed by atoms with van der Waals surface area (Å²) in [7, 11) is 0. The number of hydrogen-bond acceptors (Lipinski definition) is 4. The first-order valence-electron chi connectivity index (χ1n) is 11.2. The molecule has 3 aromatic carbocycles. The molecule has 3 aromatic rings. The quantitative estimate of drug-likeness (QED) is 0.555. The Kier molecular flexibility index (Phi) is 4.55. The molecule has 0 unspecified atom stereocenters. The second-order valence-electron chi connectivity index (χ2n) is 9.05. The molecule has 3 aliphatic heterocycles. The molecular formula is C28H21ClN2O3. The Hall–Kier alpha value is -3.70. The highest BCUT2D eigenvalue weighted by Crippen LogP contribution is 2.57. The lowest BCUT2D eigenvalue weighted by Gasteiger charge is -2.37. The fraction of sp³-hybridized carbons (Fsp3) is 0.179. The number of fused-ring (bicyclic) bond motifs is 6. The molecule has 5 nitrogen and oxygen atoms in total. The summed E-state index contributed by atoms with van der Waals surface area (Å²) in [5.74, 6) is -1.55. The minimum Gasteiger partial charge on any atom is -0.352 e. The predicted octanol–water partition coefficient (Wildman–Crippen LogP) is 4.90. The lowest BCUT2D eigenvalue weighted by Crippen LogP contribution is -2.51. The predicted molar refractivity (Wildman–Crippen MR) is 132 cm³/mol. The third kappa shape index (κ3) is 2.64. The van der Waals surface area contributed by atoms with Crippen molar-refractivity contribution in [1.82, 2.24) is 0 Å². The van der Waals surface area contributed by atoms with Gasteiger partial charge in [-0.05, 0) is 42.3 Å². The van der Waals surface area contributed by atoms with Gasteiger partial charge in [0.2, 0.25) is 5.91 Å². The smallest absolute Gasteiger partial charge is 0.238 e. The molecule has 0 aliphatic carbocycles. The highest BCUT2D eigenvalue weighted by molar-refractivity contribution is 6.31. The number of halogens is 1. The van der Waals surface area contributed by atoms with E-state index in [4.69, 9.17) is 11.6 Å². The lowest BCUT2D eigenvalue weighted by molar-refractivity contribution is -0.122. The van der Waals surface area contributed by atoms with E-state index in [1.54, 1.807) is 30.3 Å². The van der Waals surface area contributed by atoms with Gasteiger partial charge in [-0.2, -0.15) is 0 Å². The average Bonchev–Trinajstić information content (AvgIpc) is 3.32. The van der Waals surface area contributed by atoms with Crippen molar-refractivity contribution >= 4 is 46.5 Å². The molecule has 6 heteroatoms. The Morgan fingerprint density at radius 3 is 2.50 bits per heavy atom. The van der Waals surface area contributed by atoms with Crippen molar-refractivity contribution in [3.63, 3.8) is 0 Å². The van der Waals surface area contributed by atoms with Crippen LogP contribution in [0.5, 0.6) is 0 Å². The summed E-state index contributed by atoms with van der Waals surface area (Å²) in [4.78, 5) is 43.4. The zero-order valence-electron chi connectivity index (χ0n) is 18.4. The second kappa shape index (κ2) is 7.40. The minimum atomic E-state index is -1.26. The van der Waals surface area contributed by atoms with E-state index in [2.05, 4.69) is 5.32 Å². The Morgan fingerprint density at radius 2 is 1.74 bits per heavy atom. The van der Waals surface area contributed by atoms with Gasteiger partial charge in [-0.1, -0.05) is 72.3 Å². The van der Waals surface area contributed by atoms with Gasteiger partial charge in [0.05, 0.1) is 18.0 Å². The number of hydrogen-bond donors (Lipinski definition) is 1. The van der Waals surface area contributed by atoms with Crippen molar-refractivity contribution in [2.24, 2.45) is 5.92 Å². The molecule has 168 valence electrons. The van der Waals surface area contributed by atoms with Gasteiger partial charge in [0.25, 0.3) is 0 Å². The molecule has 1 amide bonds. The van der Waals surface area contributed by atoms with Gasteiger partial charge in [0.1, 0.15) is 5.41 Å². The number of Topliss-reactive ketones (excluding diaryl/α,β-unsaturated/α-hetero) is 2. The number of nitrogens with zero attached hydrogens (tertiary/aromatic N) is 1. The lowest BCUT2D eigenvalue weighted by atomic mass is 9.64. The van der Waals surface area contributed by atoms with E-state index in [0.29, 0.717) is 16.3 Å². The van der Waals surface area contributed by atoms with Crippen LogP contribution in [0.3, 0.4) is 0 Å². The van der Waals surface area contributed by atoms with Crippen LogP contribution in [0.25, 0.3) is 6.08 Å². The minimum absolute atomic E-state index is 0.162. The molecule has 6 rings (SSSR count). The number of ketones is 2. The van der Waals surface area contributed by atoms with Gasteiger partial charge in [-0.3, -0.25) is 14.4 Å². The molecule has 3 aliphatic rings. The molecule has 1 fully saturated rings. The number of carbonyl (C=O) groups is 3. The summed E-state index contributed by atoms with van der Waals surface area (Å²) in [6, 6.07) is 20.5. The number of benzene rings is 3. The van der Waals surface area contributed by atoms with Gasteiger partial charge >= 0.3 is 0 Å². The van der Waals surface area contributed by atoms with Gasteiger partial charge in [0.15, 0.2) is 11.6 Å². The first kappa shape index (κ1) is 20.9.